The predicted molar refractivity (Wildman–Crippen MR) is 125 cm³/mol. The molecule has 3 heterocycles. The number of anilines is 2. The summed E-state index contributed by atoms with van der Waals surface area (Å²) in [5.74, 6) is 2.43. The smallest absolute Gasteiger partial charge is 0.409 e. The van der Waals surface area contributed by atoms with Crippen molar-refractivity contribution < 1.29 is 14.3 Å². The van der Waals surface area contributed by atoms with Crippen molar-refractivity contribution in [2.24, 2.45) is 5.92 Å². The van der Waals surface area contributed by atoms with Crippen molar-refractivity contribution in [3.05, 3.63) is 12.4 Å². The van der Waals surface area contributed by atoms with Gasteiger partial charge in [0, 0.05) is 51.3 Å². The number of likely N-dealkylation sites (tertiary alicyclic amines) is 1. The highest BCUT2D eigenvalue weighted by molar-refractivity contribution is 5.76. The number of amides is 2. The molecule has 0 saturated carbocycles. The minimum atomic E-state index is -0.254. The molecular weight excluding hydrogens is 408 g/mol. The van der Waals surface area contributed by atoms with Gasteiger partial charge in [0.1, 0.15) is 18.0 Å². The summed E-state index contributed by atoms with van der Waals surface area (Å²) in [6.45, 7) is 8.42. The van der Waals surface area contributed by atoms with Crippen molar-refractivity contribution >= 4 is 23.6 Å². The van der Waals surface area contributed by atoms with E-state index in [9.17, 15) is 9.59 Å². The lowest BCUT2D eigenvalue weighted by molar-refractivity contribution is -0.122. The Morgan fingerprint density at radius 3 is 2.72 bits per heavy atom. The lowest BCUT2D eigenvalue weighted by Gasteiger charge is -2.34. The molecule has 2 saturated heterocycles. The van der Waals surface area contributed by atoms with Crippen LogP contribution in [0.2, 0.25) is 0 Å². The summed E-state index contributed by atoms with van der Waals surface area (Å²) in [7, 11) is 0. The molecule has 1 aromatic rings. The molecular formula is C23H38N6O3. The molecule has 2 aliphatic heterocycles. The minimum absolute atomic E-state index is 0.116. The summed E-state index contributed by atoms with van der Waals surface area (Å²) in [5.41, 5.74) is 0. The van der Waals surface area contributed by atoms with Crippen LogP contribution in [0.1, 0.15) is 58.8 Å². The van der Waals surface area contributed by atoms with Crippen molar-refractivity contribution in [2.45, 2.75) is 64.8 Å². The van der Waals surface area contributed by atoms with Gasteiger partial charge in [0.2, 0.25) is 5.91 Å². The molecule has 0 bridgehead atoms. The largest absolute Gasteiger partial charge is 0.450 e. The van der Waals surface area contributed by atoms with Gasteiger partial charge in [-0.25, -0.2) is 14.8 Å². The molecule has 0 aromatic carbocycles. The summed E-state index contributed by atoms with van der Waals surface area (Å²) in [5, 5.41) is 6.48. The lowest BCUT2D eigenvalue weighted by atomic mass is 9.93. The second kappa shape index (κ2) is 12.5. The third-order valence-corrected chi connectivity index (χ3v) is 6.22. The van der Waals surface area contributed by atoms with E-state index in [1.165, 1.54) is 0 Å². The van der Waals surface area contributed by atoms with Gasteiger partial charge >= 0.3 is 6.09 Å². The van der Waals surface area contributed by atoms with Gasteiger partial charge in [-0.3, -0.25) is 4.79 Å². The molecule has 32 heavy (non-hydrogen) atoms. The number of carbonyl (C=O) groups excluding carboxylic acids is 2. The molecule has 2 fully saturated rings. The fraction of sp³-hybridized carbons (Fsp3) is 0.739. The Kier molecular flexibility index (Phi) is 9.37. The Bertz CT molecular complexity index is 738. The van der Waals surface area contributed by atoms with E-state index >= 15 is 0 Å². The van der Waals surface area contributed by atoms with E-state index in [0.717, 1.165) is 69.8 Å². The first-order chi connectivity index (χ1) is 15.6. The lowest BCUT2D eigenvalue weighted by Crippen LogP contribution is -2.46. The second-order valence-corrected chi connectivity index (χ2v) is 8.71. The Labute approximate surface area is 191 Å². The van der Waals surface area contributed by atoms with Crippen LogP contribution in [0.25, 0.3) is 0 Å². The van der Waals surface area contributed by atoms with Crippen LogP contribution >= 0.6 is 0 Å². The number of carbonyl (C=O) groups is 2. The number of ether oxygens (including phenoxy) is 1. The van der Waals surface area contributed by atoms with E-state index in [0.29, 0.717) is 32.0 Å². The molecule has 0 spiro atoms. The molecule has 9 nitrogen and oxygen atoms in total. The molecule has 178 valence electrons. The third kappa shape index (κ3) is 7.24. The van der Waals surface area contributed by atoms with Crippen molar-refractivity contribution in [3.63, 3.8) is 0 Å². The van der Waals surface area contributed by atoms with Crippen LogP contribution in [0.4, 0.5) is 16.4 Å². The number of hydrogen-bond donors (Lipinski definition) is 2. The van der Waals surface area contributed by atoms with Gasteiger partial charge in [0.15, 0.2) is 0 Å². The first kappa shape index (κ1) is 24.1. The molecule has 0 aliphatic carbocycles. The maximum atomic E-state index is 12.5. The molecule has 1 unspecified atom stereocenters. The van der Waals surface area contributed by atoms with Gasteiger partial charge in [0.05, 0.1) is 6.61 Å². The zero-order valence-electron chi connectivity index (χ0n) is 19.5. The first-order valence-corrected chi connectivity index (χ1v) is 12.1. The third-order valence-electron chi connectivity index (χ3n) is 6.22. The van der Waals surface area contributed by atoms with E-state index in [2.05, 4.69) is 32.4 Å². The second-order valence-electron chi connectivity index (χ2n) is 8.71. The van der Waals surface area contributed by atoms with Gasteiger partial charge in [-0.05, 0) is 51.4 Å². The van der Waals surface area contributed by atoms with Gasteiger partial charge in [-0.1, -0.05) is 6.92 Å². The Morgan fingerprint density at radius 1 is 1.16 bits per heavy atom. The van der Waals surface area contributed by atoms with Gasteiger partial charge in [-0.2, -0.15) is 0 Å². The maximum Gasteiger partial charge on any atom is 0.409 e. The molecule has 2 aliphatic rings. The molecule has 1 aromatic heterocycles. The van der Waals surface area contributed by atoms with Crippen molar-refractivity contribution in [3.8, 4) is 0 Å². The topological polar surface area (TPSA) is 99.7 Å². The number of piperidine rings is 2. The van der Waals surface area contributed by atoms with E-state index in [4.69, 9.17) is 4.74 Å². The summed E-state index contributed by atoms with van der Waals surface area (Å²) in [4.78, 5) is 37.1. The molecule has 1 atom stereocenters. The Hall–Kier alpha value is -2.58. The maximum absolute atomic E-state index is 12.5. The van der Waals surface area contributed by atoms with Crippen LogP contribution < -0.4 is 15.5 Å². The molecule has 3 rings (SSSR count). The van der Waals surface area contributed by atoms with E-state index < -0.39 is 0 Å². The van der Waals surface area contributed by atoms with E-state index in [-0.39, 0.29) is 18.0 Å². The van der Waals surface area contributed by atoms with Crippen LogP contribution in [-0.4, -0.2) is 72.2 Å². The van der Waals surface area contributed by atoms with Crippen LogP contribution in [0.15, 0.2) is 12.4 Å². The summed E-state index contributed by atoms with van der Waals surface area (Å²) in [6.07, 6.45) is 7.67. The number of rotatable bonds is 9. The fourth-order valence-electron chi connectivity index (χ4n) is 4.43. The number of nitrogens with one attached hydrogen (secondary N) is 2. The summed E-state index contributed by atoms with van der Waals surface area (Å²) < 4.78 is 5.05. The van der Waals surface area contributed by atoms with Gasteiger partial charge in [-0.15, -0.1) is 0 Å². The number of aromatic nitrogens is 2. The quantitative estimate of drug-likeness (QED) is 0.601. The monoisotopic (exact) mass is 446 g/mol. The predicted octanol–water partition coefficient (Wildman–Crippen LogP) is 3.03. The van der Waals surface area contributed by atoms with Crippen LogP contribution in [0.3, 0.4) is 0 Å². The van der Waals surface area contributed by atoms with E-state index in [1.54, 1.807) is 11.2 Å². The van der Waals surface area contributed by atoms with Crippen molar-refractivity contribution in [2.75, 3.05) is 49.5 Å². The number of hydrogen-bond acceptors (Lipinski definition) is 7. The zero-order chi connectivity index (χ0) is 22.8. The molecule has 2 amide bonds. The van der Waals surface area contributed by atoms with Crippen molar-refractivity contribution in [1.29, 1.82) is 0 Å². The summed E-state index contributed by atoms with van der Waals surface area (Å²) >= 11 is 0. The SMILES string of the molecule is CCCNc1cc(N2CCCC(CCC(=O)NC3CCN(C(=O)OCC)CC3)C2)ncn1. The summed E-state index contributed by atoms with van der Waals surface area (Å²) in [6, 6.07) is 2.17. The standard InChI is InChI=1S/C23H38N6O3/c1-3-11-24-20-15-21(26-17-25-20)29-12-5-6-18(16-29)7-8-22(30)27-19-9-13-28(14-10-19)23(31)32-4-2/h15,17-19H,3-14,16H2,1-2H3,(H,27,30)(H,24,25,26). The molecule has 9 heteroatoms. The van der Waals surface area contributed by atoms with Gasteiger partial charge in [0.25, 0.3) is 0 Å². The molecule has 0 radical (unpaired) electrons. The Morgan fingerprint density at radius 2 is 1.97 bits per heavy atom. The Balaban J connectivity index is 1.39. The number of nitrogens with zero attached hydrogens (tertiary/aromatic N) is 4. The van der Waals surface area contributed by atoms with Crippen LogP contribution in [0, 0.1) is 5.92 Å². The zero-order valence-corrected chi connectivity index (χ0v) is 19.5. The highest BCUT2D eigenvalue weighted by Gasteiger charge is 2.26. The van der Waals surface area contributed by atoms with Crippen LogP contribution in [-0.2, 0) is 9.53 Å². The fourth-order valence-corrected chi connectivity index (χ4v) is 4.43. The first-order valence-electron chi connectivity index (χ1n) is 12.1. The normalized spacial score (nSPS) is 19.5. The van der Waals surface area contributed by atoms with Crippen molar-refractivity contribution in [1.82, 2.24) is 20.2 Å². The van der Waals surface area contributed by atoms with E-state index in [1.807, 2.05) is 13.0 Å². The minimum Gasteiger partial charge on any atom is -0.450 e. The van der Waals surface area contributed by atoms with Gasteiger partial charge < -0.3 is 25.2 Å². The average Bonchev–Trinajstić information content (AvgIpc) is 2.82. The van der Waals surface area contributed by atoms with Crippen LogP contribution in [0.5, 0.6) is 0 Å². The molecule has 2 N–H and O–H groups in total. The highest BCUT2D eigenvalue weighted by Crippen LogP contribution is 2.25. The average molecular weight is 447 g/mol. The highest BCUT2D eigenvalue weighted by atomic mass is 16.6.